The lowest BCUT2D eigenvalue weighted by molar-refractivity contribution is -0.151. The van der Waals surface area contributed by atoms with Crippen LogP contribution in [-0.4, -0.2) is 46.7 Å². The number of aromatic nitrogens is 3. The molecule has 0 radical (unpaired) electrons. The van der Waals surface area contributed by atoms with E-state index < -0.39 is 0 Å². The van der Waals surface area contributed by atoms with E-state index in [0.717, 1.165) is 42.5 Å². The molecular weight excluding hydrogens is 300 g/mol. The third kappa shape index (κ3) is 2.59. The van der Waals surface area contributed by atoms with Crippen molar-refractivity contribution in [3.63, 3.8) is 0 Å². The number of nitrogens with zero attached hydrogens (tertiary/aromatic N) is 4. The van der Waals surface area contributed by atoms with Crippen LogP contribution in [0.2, 0.25) is 0 Å². The summed E-state index contributed by atoms with van der Waals surface area (Å²) in [7, 11) is 3.94. The molecule has 0 bridgehead atoms. The van der Waals surface area contributed by atoms with Gasteiger partial charge in [-0.1, -0.05) is 18.2 Å². The molecule has 0 N–H and O–H groups in total. The molecule has 1 aliphatic heterocycles. The predicted octanol–water partition coefficient (Wildman–Crippen LogP) is 2.50. The first-order valence-electron chi connectivity index (χ1n) is 7.89. The second kappa shape index (κ2) is 5.76. The van der Waals surface area contributed by atoms with Gasteiger partial charge in [0.2, 0.25) is 5.95 Å². The van der Waals surface area contributed by atoms with Crippen molar-refractivity contribution in [1.82, 2.24) is 14.8 Å². The molecule has 1 aromatic rings. The van der Waals surface area contributed by atoms with Gasteiger partial charge in [-0.05, 0) is 26.7 Å². The molecule has 0 aromatic carbocycles. The van der Waals surface area contributed by atoms with E-state index in [9.17, 15) is 4.79 Å². The normalized spacial score (nSPS) is 23.0. The lowest BCUT2D eigenvalue weighted by atomic mass is 9.67. The molecule has 1 spiro atoms. The van der Waals surface area contributed by atoms with Crippen LogP contribution in [0.25, 0.3) is 0 Å². The molecule has 2 aliphatic rings. The summed E-state index contributed by atoms with van der Waals surface area (Å²) in [5.41, 5.74) is -0.147. The summed E-state index contributed by atoms with van der Waals surface area (Å²) in [6.45, 7) is 4.25. The summed E-state index contributed by atoms with van der Waals surface area (Å²) in [5.74, 6) is 1.63. The highest BCUT2D eigenvalue weighted by atomic mass is 32.2. The zero-order chi connectivity index (χ0) is 15.9. The average molecular weight is 324 g/mol. The molecular formula is C15H24N4O2S. The van der Waals surface area contributed by atoms with Gasteiger partial charge in [-0.15, -0.1) is 10.2 Å². The molecule has 3 rings (SSSR count). The third-order valence-corrected chi connectivity index (χ3v) is 5.67. The van der Waals surface area contributed by atoms with Crippen molar-refractivity contribution in [1.29, 1.82) is 0 Å². The van der Waals surface area contributed by atoms with Crippen molar-refractivity contribution in [2.75, 3.05) is 24.7 Å². The van der Waals surface area contributed by atoms with Crippen LogP contribution in [0.3, 0.4) is 0 Å². The zero-order valence-electron chi connectivity index (χ0n) is 13.7. The van der Waals surface area contributed by atoms with Crippen LogP contribution in [-0.2, 0) is 9.53 Å². The van der Waals surface area contributed by atoms with Crippen LogP contribution in [0.1, 0.15) is 45.6 Å². The molecule has 2 heterocycles. The predicted molar refractivity (Wildman–Crippen MR) is 86.2 cm³/mol. The lowest BCUT2D eigenvalue weighted by Gasteiger charge is -2.33. The molecule has 1 atom stereocenters. The Kier molecular flexibility index (Phi) is 4.09. The Bertz CT molecular complexity index is 566. The van der Waals surface area contributed by atoms with Crippen molar-refractivity contribution >= 4 is 23.7 Å². The van der Waals surface area contributed by atoms with E-state index >= 15 is 0 Å². The first-order valence-corrected chi connectivity index (χ1v) is 8.87. The number of hydrogen-bond acceptors (Lipinski definition) is 6. The van der Waals surface area contributed by atoms with Crippen molar-refractivity contribution in [2.24, 2.45) is 5.41 Å². The van der Waals surface area contributed by atoms with Gasteiger partial charge >= 0.3 is 5.97 Å². The van der Waals surface area contributed by atoms with Crippen LogP contribution < -0.4 is 4.90 Å². The van der Waals surface area contributed by atoms with Gasteiger partial charge in [-0.25, -0.2) is 0 Å². The Morgan fingerprint density at radius 2 is 2.14 bits per heavy atom. The summed E-state index contributed by atoms with van der Waals surface area (Å²) in [6, 6.07) is 0.291. The number of anilines is 1. The van der Waals surface area contributed by atoms with Crippen LogP contribution in [0.5, 0.6) is 0 Å². The van der Waals surface area contributed by atoms with Gasteiger partial charge in [0.05, 0.1) is 5.41 Å². The summed E-state index contributed by atoms with van der Waals surface area (Å²) in [4.78, 5) is 14.0. The topological polar surface area (TPSA) is 60.3 Å². The first kappa shape index (κ1) is 15.6. The van der Waals surface area contributed by atoms with E-state index in [1.807, 2.05) is 19.0 Å². The van der Waals surface area contributed by atoms with Crippen LogP contribution >= 0.6 is 11.8 Å². The van der Waals surface area contributed by atoms with Crippen molar-refractivity contribution < 1.29 is 9.53 Å². The molecule has 1 aromatic heterocycles. The van der Waals surface area contributed by atoms with Crippen LogP contribution in [0.4, 0.5) is 5.95 Å². The van der Waals surface area contributed by atoms with Gasteiger partial charge in [0.25, 0.3) is 0 Å². The maximum absolute atomic E-state index is 12.0. The molecule has 6 nitrogen and oxygen atoms in total. The van der Waals surface area contributed by atoms with E-state index in [-0.39, 0.29) is 17.5 Å². The van der Waals surface area contributed by atoms with E-state index in [0.29, 0.717) is 6.04 Å². The standard InChI is InChI=1S/C15H24N4O2S/c1-10(2)19-13(18(3)4)16-17-14(19)22-9-11-8-15(6-5-7-15)12(20)21-11/h10-11H,5-9H2,1-4H3/t11-/m0/s1. The lowest BCUT2D eigenvalue weighted by Crippen LogP contribution is -2.33. The summed E-state index contributed by atoms with van der Waals surface area (Å²) in [5, 5.41) is 9.46. The molecule has 0 amide bonds. The minimum atomic E-state index is -0.147. The Hall–Kier alpha value is -1.24. The highest BCUT2D eigenvalue weighted by molar-refractivity contribution is 7.99. The number of hydrogen-bond donors (Lipinski definition) is 0. The van der Waals surface area contributed by atoms with Crippen LogP contribution in [0.15, 0.2) is 5.16 Å². The highest BCUT2D eigenvalue weighted by Crippen LogP contribution is 2.50. The summed E-state index contributed by atoms with van der Waals surface area (Å²) in [6.07, 6.45) is 4.04. The van der Waals surface area contributed by atoms with Crippen molar-refractivity contribution in [2.45, 2.75) is 56.8 Å². The van der Waals surface area contributed by atoms with Crippen molar-refractivity contribution in [3.8, 4) is 0 Å². The maximum atomic E-state index is 12.0. The highest BCUT2D eigenvalue weighted by Gasteiger charge is 2.52. The smallest absolute Gasteiger partial charge is 0.312 e. The number of rotatable bonds is 5. The van der Waals surface area contributed by atoms with Gasteiger partial charge in [-0.2, -0.15) is 0 Å². The number of ether oxygens (including phenoxy) is 1. The molecule has 1 aliphatic carbocycles. The van der Waals surface area contributed by atoms with Crippen LogP contribution in [0, 0.1) is 5.41 Å². The molecule has 22 heavy (non-hydrogen) atoms. The first-order chi connectivity index (χ1) is 10.4. The number of carbonyl (C=O) groups is 1. The fourth-order valence-corrected chi connectivity index (χ4v) is 4.28. The Morgan fingerprint density at radius 1 is 1.41 bits per heavy atom. The Balaban J connectivity index is 1.66. The molecule has 1 saturated carbocycles. The minimum absolute atomic E-state index is 0.0120. The maximum Gasteiger partial charge on any atom is 0.312 e. The average Bonchev–Trinajstić information content (AvgIpc) is 2.96. The van der Waals surface area contributed by atoms with E-state index in [1.165, 1.54) is 0 Å². The van der Waals surface area contributed by atoms with Gasteiger partial charge < -0.3 is 9.64 Å². The molecule has 7 heteroatoms. The van der Waals surface area contributed by atoms with Crippen molar-refractivity contribution in [3.05, 3.63) is 0 Å². The summed E-state index contributed by atoms with van der Waals surface area (Å²) >= 11 is 1.63. The molecule has 1 saturated heterocycles. The van der Waals surface area contributed by atoms with E-state index in [4.69, 9.17) is 4.74 Å². The molecule has 0 unspecified atom stereocenters. The second-order valence-corrected chi connectivity index (χ2v) is 7.80. The number of thioether (sulfide) groups is 1. The monoisotopic (exact) mass is 324 g/mol. The van der Waals surface area contributed by atoms with Gasteiger partial charge in [0.15, 0.2) is 5.16 Å². The largest absolute Gasteiger partial charge is 0.461 e. The number of cyclic esters (lactones) is 1. The van der Waals surface area contributed by atoms with Gasteiger partial charge in [0.1, 0.15) is 6.10 Å². The molecule has 2 fully saturated rings. The zero-order valence-corrected chi connectivity index (χ0v) is 14.5. The van der Waals surface area contributed by atoms with Gasteiger partial charge in [-0.3, -0.25) is 9.36 Å². The van der Waals surface area contributed by atoms with E-state index in [1.54, 1.807) is 11.8 Å². The fraction of sp³-hybridized carbons (Fsp3) is 0.800. The second-order valence-electron chi connectivity index (χ2n) is 6.82. The SMILES string of the molecule is CC(C)n1c(SC[C@@H]2CC3(CCC3)C(=O)O2)nnc1N(C)C. The number of esters is 1. The molecule has 122 valence electrons. The van der Waals surface area contributed by atoms with Gasteiger partial charge in [0, 0.05) is 32.3 Å². The number of carbonyl (C=O) groups excluding carboxylic acids is 1. The quantitative estimate of drug-likeness (QED) is 0.613. The van der Waals surface area contributed by atoms with E-state index in [2.05, 4.69) is 28.6 Å². The summed E-state index contributed by atoms with van der Waals surface area (Å²) < 4.78 is 7.69. The third-order valence-electron chi connectivity index (χ3n) is 4.60. The fourth-order valence-electron chi connectivity index (χ4n) is 3.23. The Morgan fingerprint density at radius 3 is 2.64 bits per heavy atom. The Labute approximate surface area is 135 Å². The minimum Gasteiger partial charge on any atom is -0.461 e.